The van der Waals surface area contributed by atoms with E-state index < -0.39 is 10.0 Å². The maximum absolute atomic E-state index is 12.5. The molecule has 1 aromatic carbocycles. The second kappa shape index (κ2) is 7.04. The third-order valence-electron chi connectivity index (χ3n) is 4.19. The highest BCUT2D eigenvalue weighted by atomic mass is 32.2. The topological polar surface area (TPSA) is 66.5 Å². The van der Waals surface area contributed by atoms with Crippen molar-refractivity contribution in [2.24, 2.45) is 0 Å². The Hall–Kier alpha value is -1.70. The predicted octanol–water partition coefficient (Wildman–Crippen LogP) is 2.64. The molecule has 24 heavy (non-hydrogen) atoms. The van der Waals surface area contributed by atoms with E-state index in [4.69, 9.17) is 0 Å². The zero-order valence-electron chi connectivity index (χ0n) is 13.4. The fraction of sp³-hybridized carbons (Fsp3) is 0.353. The van der Waals surface area contributed by atoms with Crippen LogP contribution in [0.25, 0.3) is 0 Å². The van der Waals surface area contributed by atoms with Crippen molar-refractivity contribution < 1.29 is 13.2 Å². The van der Waals surface area contributed by atoms with Crippen LogP contribution in [0.4, 0.5) is 0 Å². The van der Waals surface area contributed by atoms with Crippen molar-refractivity contribution in [2.45, 2.75) is 30.0 Å². The van der Waals surface area contributed by atoms with Crippen molar-refractivity contribution in [1.82, 2.24) is 9.62 Å². The average molecular weight is 364 g/mol. The molecular weight excluding hydrogens is 344 g/mol. The van der Waals surface area contributed by atoms with Crippen LogP contribution < -0.4 is 5.32 Å². The van der Waals surface area contributed by atoms with Gasteiger partial charge in [-0.15, -0.1) is 11.3 Å². The molecule has 2 heterocycles. The summed E-state index contributed by atoms with van der Waals surface area (Å²) in [4.78, 5) is 12.2. The first-order valence-corrected chi connectivity index (χ1v) is 10.2. The highest BCUT2D eigenvalue weighted by Crippen LogP contribution is 2.24. The number of nitrogens with one attached hydrogen (secondary N) is 1. The molecule has 0 atom stereocenters. The maximum atomic E-state index is 12.5. The van der Waals surface area contributed by atoms with E-state index in [0.717, 1.165) is 5.56 Å². The number of thiophene rings is 1. The summed E-state index contributed by atoms with van der Waals surface area (Å²) in [5.74, 6) is -0.102. The minimum atomic E-state index is -3.39. The van der Waals surface area contributed by atoms with Crippen LogP contribution in [0.3, 0.4) is 0 Å². The Labute approximate surface area is 146 Å². The predicted molar refractivity (Wildman–Crippen MR) is 94.7 cm³/mol. The van der Waals surface area contributed by atoms with Gasteiger partial charge in [0.25, 0.3) is 15.9 Å². The number of hydrogen-bond donors (Lipinski definition) is 1. The van der Waals surface area contributed by atoms with Gasteiger partial charge >= 0.3 is 0 Å². The van der Waals surface area contributed by atoms with Gasteiger partial charge < -0.3 is 5.32 Å². The molecule has 1 aliphatic heterocycles. The zero-order chi connectivity index (χ0) is 17.2. The minimum Gasteiger partial charge on any atom is -0.349 e. The molecule has 3 rings (SSSR count). The number of piperidine rings is 1. The largest absolute Gasteiger partial charge is 0.349 e. The molecule has 1 fully saturated rings. The van der Waals surface area contributed by atoms with Crippen molar-refractivity contribution >= 4 is 27.3 Å². The normalized spacial score (nSPS) is 16.9. The fourth-order valence-corrected chi connectivity index (χ4v) is 5.37. The number of carbonyl (C=O) groups excluding carboxylic acids is 1. The number of benzene rings is 1. The summed E-state index contributed by atoms with van der Waals surface area (Å²) in [6.07, 6.45) is 1.25. The van der Waals surface area contributed by atoms with Gasteiger partial charge in [-0.25, -0.2) is 8.42 Å². The lowest BCUT2D eigenvalue weighted by Crippen LogP contribution is -2.46. The summed E-state index contributed by atoms with van der Waals surface area (Å²) in [6, 6.07) is 10.8. The van der Waals surface area contributed by atoms with Gasteiger partial charge in [-0.1, -0.05) is 23.8 Å². The molecule has 7 heteroatoms. The van der Waals surface area contributed by atoms with Crippen molar-refractivity contribution in [2.75, 3.05) is 13.1 Å². The molecule has 0 bridgehead atoms. The Bertz CT molecular complexity index is 791. The number of hydrogen-bond acceptors (Lipinski definition) is 4. The van der Waals surface area contributed by atoms with Crippen LogP contribution in [0, 0.1) is 6.92 Å². The van der Waals surface area contributed by atoms with E-state index in [0.29, 0.717) is 35.7 Å². The number of carbonyl (C=O) groups is 1. The molecule has 1 N–H and O–H groups in total. The van der Waals surface area contributed by atoms with Gasteiger partial charge in [-0.2, -0.15) is 4.31 Å². The van der Waals surface area contributed by atoms with Gasteiger partial charge in [0.1, 0.15) is 4.21 Å². The van der Waals surface area contributed by atoms with E-state index >= 15 is 0 Å². The lowest BCUT2D eigenvalue weighted by molar-refractivity contribution is 0.0924. The van der Waals surface area contributed by atoms with Gasteiger partial charge in [-0.3, -0.25) is 4.79 Å². The Balaban J connectivity index is 1.57. The summed E-state index contributed by atoms with van der Waals surface area (Å²) in [5, 5.41) is 4.77. The number of nitrogens with zero attached hydrogens (tertiary/aromatic N) is 1. The minimum absolute atomic E-state index is 0.00795. The summed E-state index contributed by atoms with van der Waals surface area (Å²) in [7, 11) is -3.39. The smallest absolute Gasteiger partial charge is 0.252 e. The molecule has 1 saturated heterocycles. The van der Waals surface area contributed by atoms with E-state index in [2.05, 4.69) is 5.32 Å². The van der Waals surface area contributed by atoms with Crippen LogP contribution in [-0.4, -0.2) is 37.8 Å². The molecule has 0 aliphatic carbocycles. The molecule has 0 unspecified atom stereocenters. The molecule has 0 spiro atoms. The number of sulfonamides is 1. The first kappa shape index (κ1) is 17.1. The molecule has 1 amide bonds. The number of aryl methyl sites for hydroxylation is 1. The van der Waals surface area contributed by atoms with E-state index in [-0.39, 0.29) is 11.9 Å². The molecule has 128 valence electrons. The molecule has 5 nitrogen and oxygen atoms in total. The van der Waals surface area contributed by atoms with E-state index in [9.17, 15) is 13.2 Å². The Kier molecular flexibility index (Phi) is 5.03. The van der Waals surface area contributed by atoms with Gasteiger partial charge in [0.2, 0.25) is 0 Å². The van der Waals surface area contributed by atoms with Crippen LogP contribution >= 0.6 is 11.3 Å². The average Bonchev–Trinajstić information content (AvgIpc) is 3.11. The van der Waals surface area contributed by atoms with Crippen LogP contribution in [0.5, 0.6) is 0 Å². The van der Waals surface area contributed by atoms with E-state index in [1.165, 1.54) is 15.6 Å². The molecule has 0 radical (unpaired) electrons. The second-order valence-corrected chi connectivity index (χ2v) is 9.06. The van der Waals surface area contributed by atoms with E-state index in [1.807, 2.05) is 19.1 Å². The molecular formula is C17H20N2O3S2. The first-order valence-electron chi connectivity index (χ1n) is 7.88. The lowest BCUT2D eigenvalue weighted by atomic mass is 10.1. The monoisotopic (exact) mass is 364 g/mol. The maximum Gasteiger partial charge on any atom is 0.252 e. The Morgan fingerprint density at radius 2 is 1.83 bits per heavy atom. The van der Waals surface area contributed by atoms with Crippen molar-refractivity contribution in [1.29, 1.82) is 0 Å². The standard InChI is InChI=1S/C17H20N2O3S2/c1-13-4-6-14(7-5-13)17(20)18-15-8-10-19(11-9-15)24(21,22)16-3-2-12-23-16/h2-7,12,15H,8-11H2,1H3,(H,18,20). The SMILES string of the molecule is Cc1ccc(C(=O)NC2CCN(S(=O)(=O)c3cccs3)CC2)cc1. The third kappa shape index (κ3) is 3.68. The van der Waals surface area contributed by atoms with E-state index in [1.54, 1.807) is 29.6 Å². The summed E-state index contributed by atoms with van der Waals surface area (Å²) in [6.45, 7) is 2.84. The van der Waals surface area contributed by atoms with Gasteiger partial charge in [-0.05, 0) is 43.3 Å². The molecule has 1 aliphatic rings. The van der Waals surface area contributed by atoms with Crippen molar-refractivity contribution in [3.63, 3.8) is 0 Å². The van der Waals surface area contributed by atoms with Gasteiger partial charge in [0, 0.05) is 24.7 Å². The fourth-order valence-electron chi connectivity index (χ4n) is 2.75. The lowest BCUT2D eigenvalue weighted by Gasteiger charge is -2.31. The van der Waals surface area contributed by atoms with Crippen LogP contribution in [0.2, 0.25) is 0 Å². The molecule has 0 saturated carbocycles. The third-order valence-corrected chi connectivity index (χ3v) is 7.46. The Morgan fingerprint density at radius 1 is 1.17 bits per heavy atom. The highest BCUT2D eigenvalue weighted by Gasteiger charge is 2.30. The number of amides is 1. The van der Waals surface area contributed by atoms with Crippen molar-refractivity contribution in [3.8, 4) is 0 Å². The van der Waals surface area contributed by atoms with Crippen LogP contribution in [0.1, 0.15) is 28.8 Å². The van der Waals surface area contributed by atoms with Crippen molar-refractivity contribution in [3.05, 3.63) is 52.9 Å². The summed E-state index contributed by atoms with van der Waals surface area (Å²) >= 11 is 1.23. The van der Waals surface area contributed by atoms with Gasteiger partial charge in [0.15, 0.2) is 0 Å². The molecule has 1 aromatic heterocycles. The summed E-state index contributed by atoms with van der Waals surface area (Å²) < 4.78 is 26.8. The van der Waals surface area contributed by atoms with Crippen LogP contribution in [-0.2, 0) is 10.0 Å². The molecule has 2 aromatic rings. The Morgan fingerprint density at radius 3 is 2.42 bits per heavy atom. The quantitative estimate of drug-likeness (QED) is 0.907. The zero-order valence-corrected chi connectivity index (χ0v) is 15.1. The first-order chi connectivity index (χ1) is 11.5. The van der Waals surface area contributed by atoms with Crippen LogP contribution in [0.15, 0.2) is 46.0 Å². The summed E-state index contributed by atoms with van der Waals surface area (Å²) in [5.41, 5.74) is 1.74. The number of rotatable bonds is 4. The second-order valence-electron chi connectivity index (χ2n) is 5.95. The highest BCUT2D eigenvalue weighted by molar-refractivity contribution is 7.91. The van der Waals surface area contributed by atoms with Gasteiger partial charge in [0.05, 0.1) is 0 Å².